The molecule has 0 aromatic carbocycles. The average Bonchev–Trinajstić information content (AvgIpc) is 3.05. The van der Waals surface area contributed by atoms with Crippen LogP contribution in [-0.2, 0) is 9.53 Å². The normalized spacial score (nSPS) is 18.3. The maximum atomic E-state index is 12.5. The number of aryl methyl sites for hydroxylation is 1. The number of rotatable bonds is 6. The lowest BCUT2D eigenvalue weighted by Crippen LogP contribution is -2.39. The lowest BCUT2D eigenvalue weighted by molar-refractivity contribution is -0.131. The van der Waals surface area contributed by atoms with Crippen molar-refractivity contribution >= 4 is 29.5 Å². The molecule has 0 bridgehead atoms. The van der Waals surface area contributed by atoms with E-state index in [0.29, 0.717) is 60.5 Å². The first-order valence-electron chi connectivity index (χ1n) is 11.0. The number of urea groups is 1. The molecular weight excluding hydrogens is 436 g/mol. The summed E-state index contributed by atoms with van der Waals surface area (Å²) in [6, 6.07) is 6.50. The van der Waals surface area contributed by atoms with Crippen LogP contribution in [0.1, 0.15) is 31.7 Å². The van der Waals surface area contributed by atoms with E-state index in [1.807, 2.05) is 13.8 Å². The fraction of sp³-hybridized carbons (Fsp3) is 0.375. The van der Waals surface area contributed by atoms with Crippen LogP contribution in [0.5, 0.6) is 11.5 Å². The second kappa shape index (κ2) is 9.60. The highest BCUT2D eigenvalue weighted by molar-refractivity contribution is 6.09. The smallest absolute Gasteiger partial charge is 0.329 e. The SMILES string of the molecule is Cc1nc(NC(=O)N2CCC(C)(C)C2=O)ccc1Oc1ccnc(C(C=NC2COC2)=CN)c1. The first-order valence-corrected chi connectivity index (χ1v) is 11.0. The van der Waals surface area contributed by atoms with E-state index in [-0.39, 0.29) is 11.9 Å². The lowest BCUT2D eigenvalue weighted by Gasteiger charge is -2.21. The van der Waals surface area contributed by atoms with Gasteiger partial charge in [-0.2, -0.15) is 0 Å². The van der Waals surface area contributed by atoms with Gasteiger partial charge in [0.05, 0.1) is 30.6 Å². The standard InChI is InChI=1S/C24H28N6O4/c1-15-20(4-5-21(28-15)29-23(32)30-9-7-24(2,3)22(30)31)34-18-6-8-26-19(10-18)16(11-25)12-27-17-13-33-14-17/h4-6,8,10-12,17H,7,9,13-14,25H2,1-3H3,(H,28,29,32). The summed E-state index contributed by atoms with van der Waals surface area (Å²) in [6.45, 7) is 7.06. The van der Waals surface area contributed by atoms with Crippen molar-refractivity contribution in [3.63, 3.8) is 0 Å². The molecule has 2 aliphatic rings. The molecule has 2 aliphatic heterocycles. The predicted molar refractivity (Wildman–Crippen MR) is 128 cm³/mol. The molecule has 0 atom stereocenters. The third-order valence-corrected chi connectivity index (χ3v) is 5.78. The molecule has 4 rings (SSSR count). The zero-order valence-corrected chi connectivity index (χ0v) is 19.4. The number of aliphatic imine (C=N–C) groups is 1. The predicted octanol–water partition coefficient (Wildman–Crippen LogP) is 3.14. The summed E-state index contributed by atoms with van der Waals surface area (Å²) < 4.78 is 11.1. The molecule has 3 amide bonds. The molecule has 0 aliphatic carbocycles. The van der Waals surface area contributed by atoms with Crippen LogP contribution in [0.3, 0.4) is 0 Å². The quantitative estimate of drug-likeness (QED) is 0.628. The van der Waals surface area contributed by atoms with Crippen molar-refractivity contribution in [3.05, 3.63) is 48.1 Å². The molecule has 0 spiro atoms. The minimum Gasteiger partial charge on any atom is -0.455 e. The van der Waals surface area contributed by atoms with Crippen LogP contribution < -0.4 is 15.8 Å². The number of nitrogens with zero attached hydrogens (tertiary/aromatic N) is 4. The number of aromatic nitrogens is 2. The molecule has 2 fully saturated rings. The zero-order valence-electron chi connectivity index (χ0n) is 19.4. The molecule has 0 unspecified atom stereocenters. The van der Waals surface area contributed by atoms with Gasteiger partial charge in [-0.25, -0.2) is 9.78 Å². The van der Waals surface area contributed by atoms with Gasteiger partial charge in [-0.1, -0.05) is 13.8 Å². The molecule has 3 N–H and O–H groups in total. The fourth-order valence-electron chi connectivity index (χ4n) is 3.51. The minimum atomic E-state index is -0.530. The highest BCUT2D eigenvalue weighted by Gasteiger charge is 2.41. The van der Waals surface area contributed by atoms with Crippen LogP contribution in [0.4, 0.5) is 10.6 Å². The monoisotopic (exact) mass is 464 g/mol. The summed E-state index contributed by atoms with van der Waals surface area (Å²) in [4.78, 5) is 39.3. The molecule has 10 heteroatoms. The van der Waals surface area contributed by atoms with Crippen molar-refractivity contribution in [2.75, 3.05) is 25.1 Å². The third-order valence-electron chi connectivity index (χ3n) is 5.78. The number of ether oxygens (including phenoxy) is 2. The van der Waals surface area contributed by atoms with Crippen molar-refractivity contribution in [2.45, 2.75) is 33.2 Å². The van der Waals surface area contributed by atoms with Gasteiger partial charge in [-0.05, 0) is 31.5 Å². The summed E-state index contributed by atoms with van der Waals surface area (Å²) in [5.41, 5.74) is 7.11. The number of carbonyl (C=O) groups excluding carboxylic acids is 2. The van der Waals surface area contributed by atoms with E-state index in [1.165, 1.54) is 11.1 Å². The third kappa shape index (κ3) is 5.07. The Kier molecular flexibility index (Phi) is 6.60. The van der Waals surface area contributed by atoms with Crippen LogP contribution in [0.2, 0.25) is 0 Å². The summed E-state index contributed by atoms with van der Waals surface area (Å²) in [7, 11) is 0. The Morgan fingerprint density at radius 2 is 2.15 bits per heavy atom. The number of hydrogen-bond acceptors (Lipinski definition) is 8. The van der Waals surface area contributed by atoms with Crippen LogP contribution in [-0.4, -0.2) is 58.8 Å². The number of nitrogens with one attached hydrogen (secondary N) is 1. The van der Waals surface area contributed by atoms with E-state index in [1.54, 1.807) is 43.6 Å². The van der Waals surface area contributed by atoms with Gasteiger partial charge in [0.15, 0.2) is 0 Å². The maximum absolute atomic E-state index is 12.5. The van der Waals surface area contributed by atoms with Crippen molar-refractivity contribution in [2.24, 2.45) is 16.1 Å². The summed E-state index contributed by atoms with van der Waals surface area (Å²) in [5, 5.41) is 2.69. The molecule has 2 saturated heterocycles. The van der Waals surface area contributed by atoms with E-state index in [0.717, 1.165) is 0 Å². The van der Waals surface area contributed by atoms with E-state index in [9.17, 15) is 9.59 Å². The maximum Gasteiger partial charge on any atom is 0.329 e. The second-order valence-corrected chi connectivity index (χ2v) is 8.87. The van der Waals surface area contributed by atoms with Crippen LogP contribution >= 0.6 is 0 Å². The van der Waals surface area contributed by atoms with E-state index >= 15 is 0 Å². The van der Waals surface area contributed by atoms with Crippen molar-refractivity contribution in [1.29, 1.82) is 0 Å². The van der Waals surface area contributed by atoms with Gasteiger partial charge in [0, 0.05) is 42.2 Å². The summed E-state index contributed by atoms with van der Waals surface area (Å²) in [5.74, 6) is 1.22. The topological polar surface area (TPSA) is 132 Å². The molecule has 34 heavy (non-hydrogen) atoms. The van der Waals surface area contributed by atoms with Gasteiger partial charge in [0.25, 0.3) is 0 Å². The van der Waals surface area contributed by atoms with Crippen molar-refractivity contribution in [1.82, 2.24) is 14.9 Å². The average molecular weight is 465 g/mol. The molecule has 10 nitrogen and oxygen atoms in total. The Morgan fingerprint density at radius 3 is 2.76 bits per heavy atom. The Morgan fingerprint density at radius 1 is 1.35 bits per heavy atom. The van der Waals surface area contributed by atoms with Gasteiger partial charge >= 0.3 is 6.03 Å². The molecule has 0 radical (unpaired) electrons. The highest BCUT2D eigenvalue weighted by atomic mass is 16.5. The molecule has 0 saturated carbocycles. The number of allylic oxidation sites excluding steroid dienone is 1. The number of likely N-dealkylation sites (tertiary alicyclic amines) is 1. The molecule has 178 valence electrons. The van der Waals surface area contributed by atoms with Crippen molar-refractivity contribution < 1.29 is 19.1 Å². The molecule has 4 heterocycles. The fourth-order valence-corrected chi connectivity index (χ4v) is 3.51. The Hall–Kier alpha value is -3.79. The van der Waals surface area contributed by atoms with Gasteiger partial charge < -0.3 is 15.2 Å². The Bertz CT molecular complexity index is 1160. The Balaban J connectivity index is 1.43. The van der Waals surface area contributed by atoms with Crippen LogP contribution in [0.15, 0.2) is 41.7 Å². The van der Waals surface area contributed by atoms with Crippen LogP contribution in [0.25, 0.3) is 5.57 Å². The number of nitrogens with two attached hydrogens (primary N) is 1. The van der Waals surface area contributed by atoms with Crippen LogP contribution in [0, 0.1) is 12.3 Å². The van der Waals surface area contributed by atoms with Gasteiger partial charge in [-0.15, -0.1) is 0 Å². The molecule has 2 aromatic heterocycles. The first kappa shape index (κ1) is 23.4. The first-order chi connectivity index (χ1) is 16.3. The molecular formula is C24H28N6O4. The van der Waals surface area contributed by atoms with E-state index in [4.69, 9.17) is 15.2 Å². The second-order valence-electron chi connectivity index (χ2n) is 8.87. The minimum absolute atomic E-state index is 0.150. The highest BCUT2D eigenvalue weighted by Crippen LogP contribution is 2.31. The van der Waals surface area contributed by atoms with E-state index in [2.05, 4.69) is 20.3 Å². The number of imide groups is 1. The number of anilines is 1. The number of carbonyl (C=O) groups is 2. The van der Waals surface area contributed by atoms with Gasteiger partial charge in [-0.3, -0.25) is 25.0 Å². The summed E-state index contributed by atoms with van der Waals surface area (Å²) in [6.07, 6.45) is 5.40. The van der Waals surface area contributed by atoms with Gasteiger partial charge in [0.2, 0.25) is 5.91 Å². The lowest BCUT2D eigenvalue weighted by atomic mass is 9.92. The number of hydrogen-bond donors (Lipinski definition) is 2. The molecule has 2 aromatic rings. The summed E-state index contributed by atoms with van der Waals surface area (Å²) >= 11 is 0. The number of pyridine rings is 2. The van der Waals surface area contributed by atoms with Gasteiger partial charge in [0.1, 0.15) is 17.3 Å². The number of amides is 3. The largest absolute Gasteiger partial charge is 0.455 e. The Labute approximate surface area is 197 Å². The van der Waals surface area contributed by atoms with Crippen molar-refractivity contribution in [3.8, 4) is 11.5 Å². The zero-order chi connectivity index (χ0) is 24.3. The van der Waals surface area contributed by atoms with E-state index < -0.39 is 11.4 Å².